The molecule has 2 atom stereocenters. The molecule has 17 heteroatoms. The van der Waals surface area contributed by atoms with E-state index < -0.39 is 37.0 Å². The first-order chi connectivity index (χ1) is 36.6. The van der Waals surface area contributed by atoms with E-state index in [2.05, 4.69) is 90.3 Å². The second-order valence-corrected chi connectivity index (χ2v) is 24.4. The van der Waals surface area contributed by atoms with Gasteiger partial charge in [0, 0.05) is 80.3 Å². The number of nitrogens with zero attached hydrogens (tertiary/aromatic N) is 5. The van der Waals surface area contributed by atoms with Crippen LogP contribution in [0, 0.1) is 21.4 Å². The lowest BCUT2D eigenvalue weighted by atomic mass is 9.59. The molecule has 2 saturated heterocycles. The predicted molar refractivity (Wildman–Crippen MR) is 294 cm³/mol. The molecule has 5 aliphatic rings. The normalized spacial score (nSPS) is 23.1. The minimum absolute atomic E-state index is 0.0236. The van der Waals surface area contributed by atoms with Crippen molar-refractivity contribution < 1.29 is 32.7 Å². The summed E-state index contributed by atoms with van der Waals surface area (Å²) in [4.78, 5) is 40.6. The summed E-state index contributed by atoms with van der Waals surface area (Å²) in [5.74, 6) is 1.32. The number of methoxy groups -OCH3 is 1. The van der Waals surface area contributed by atoms with E-state index >= 15 is 0 Å². The summed E-state index contributed by atoms with van der Waals surface area (Å²) >= 11 is 0. The van der Waals surface area contributed by atoms with Gasteiger partial charge in [-0.3, -0.25) is 24.7 Å². The third-order valence-electron chi connectivity index (χ3n) is 17.5. The summed E-state index contributed by atoms with van der Waals surface area (Å²) in [6.07, 6.45) is 15.3. The first kappa shape index (κ1) is 51.6. The number of H-pyrrole nitrogens is 1. The summed E-state index contributed by atoms with van der Waals surface area (Å²) in [6, 6.07) is 31.5. The van der Waals surface area contributed by atoms with Crippen molar-refractivity contribution in [3.05, 3.63) is 142 Å². The number of hydrogen-bond acceptors (Lipinski definition) is 13. The molecule has 4 aromatic carbocycles. The molecule has 11 rings (SSSR count). The number of amides is 1. The van der Waals surface area contributed by atoms with Crippen LogP contribution < -0.4 is 24.4 Å². The second-order valence-electron chi connectivity index (χ2n) is 22.7. The van der Waals surface area contributed by atoms with Gasteiger partial charge in [0.1, 0.15) is 28.6 Å². The molecule has 4 N–H and O–H groups in total. The number of sulfonamides is 1. The number of ether oxygens (including phenoxy) is 2. The van der Waals surface area contributed by atoms with Crippen molar-refractivity contribution in [2.45, 2.75) is 125 Å². The lowest BCUT2D eigenvalue weighted by Gasteiger charge is -2.58. The summed E-state index contributed by atoms with van der Waals surface area (Å²) in [5.41, 5.74) is 5.13. The van der Waals surface area contributed by atoms with E-state index in [9.17, 15) is 28.4 Å². The third kappa shape index (κ3) is 11.2. The van der Waals surface area contributed by atoms with Crippen molar-refractivity contribution >= 4 is 44.0 Å². The molecule has 6 aromatic rings. The van der Waals surface area contributed by atoms with Gasteiger partial charge in [-0.1, -0.05) is 36.4 Å². The van der Waals surface area contributed by atoms with Crippen LogP contribution in [0.3, 0.4) is 0 Å². The first-order valence-electron chi connectivity index (χ1n) is 27.1. The van der Waals surface area contributed by atoms with Gasteiger partial charge in [-0.05, 0) is 173 Å². The molecule has 76 heavy (non-hydrogen) atoms. The molecule has 3 saturated carbocycles. The van der Waals surface area contributed by atoms with Gasteiger partial charge in [0.05, 0.1) is 34.3 Å². The van der Waals surface area contributed by atoms with Gasteiger partial charge in [-0.25, -0.2) is 18.1 Å². The number of nitro benzene ring substituents is 1. The fourth-order valence-electron chi connectivity index (χ4n) is 12.7. The van der Waals surface area contributed by atoms with Crippen molar-refractivity contribution in [2.24, 2.45) is 11.3 Å². The molecule has 1 spiro atoms. The smallest absolute Gasteiger partial charge is 0.293 e. The van der Waals surface area contributed by atoms with Crippen LogP contribution in [0.25, 0.3) is 11.0 Å². The zero-order valence-corrected chi connectivity index (χ0v) is 44.6. The first-order valence-corrected chi connectivity index (χ1v) is 28.6. The van der Waals surface area contributed by atoms with Gasteiger partial charge in [-0.2, -0.15) is 0 Å². The maximum absolute atomic E-state index is 14.1. The largest absolute Gasteiger partial charge is 0.497 e. The molecule has 2 unspecified atom stereocenters. The van der Waals surface area contributed by atoms with Crippen molar-refractivity contribution in [1.29, 1.82) is 0 Å². The van der Waals surface area contributed by atoms with Crippen molar-refractivity contribution in [3.8, 4) is 17.2 Å². The molecule has 0 radical (unpaired) electrons. The third-order valence-corrected chi connectivity index (χ3v) is 18.8. The number of benzene rings is 4. The number of nitrogens with one attached hydrogen (secondary N) is 3. The average Bonchev–Trinajstić information content (AvgIpc) is 4.18. The van der Waals surface area contributed by atoms with Gasteiger partial charge in [0.25, 0.3) is 21.6 Å². The molecule has 2 aliphatic heterocycles. The Morgan fingerprint density at radius 2 is 1.66 bits per heavy atom. The number of likely N-dealkylation sites (tertiary alicyclic amines) is 1. The molecular formula is C59H70N8O8S. The number of aliphatic hydroxyl groups is 1. The van der Waals surface area contributed by atoms with Crippen molar-refractivity contribution in [2.75, 3.05) is 50.6 Å². The van der Waals surface area contributed by atoms with Gasteiger partial charge >= 0.3 is 0 Å². The number of fused-ring (bicyclic) bond motifs is 1. The predicted octanol–water partition coefficient (Wildman–Crippen LogP) is 10.7. The van der Waals surface area contributed by atoms with Crippen LogP contribution in [0.1, 0.15) is 123 Å². The summed E-state index contributed by atoms with van der Waals surface area (Å²) in [5, 5.41) is 26.5. The lowest BCUT2D eigenvalue weighted by Crippen LogP contribution is -2.58. The van der Waals surface area contributed by atoms with Gasteiger partial charge in [-0.15, -0.1) is 0 Å². The van der Waals surface area contributed by atoms with E-state index in [0.29, 0.717) is 54.8 Å². The van der Waals surface area contributed by atoms with E-state index in [1.54, 1.807) is 43.3 Å². The Morgan fingerprint density at radius 3 is 2.38 bits per heavy atom. The van der Waals surface area contributed by atoms with E-state index in [-0.39, 0.29) is 28.3 Å². The minimum atomic E-state index is -4.59. The van der Waals surface area contributed by atoms with Crippen LogP contribution >= 0.6 is 0 Å². The molecule has 400 valence electrons. The maximum atomic E-state index is 14.1. The van der Waals surface area contributed by atoms with E-state index in [0.717, 1.165) is 87.6 Å². The van der Waals surface area contributed by atoms with Gasteiger partial charge in [0.2, 0.25) is 0 Å². The second kappa shape index (κ2) is 21.1. The van der Waals surface area contributed by atoms with E-state index in [1.807, 2.05) is 19.1 Å². The number of aromatic nitrogens is 2. The summed E-state index contributed by atoms with van der Waals surface area (Å²) in [7, 11) is -0.596. The standard InChI is InChI=1S/C59H70N8O8S/c1-58(69)22-18-39(19-23-58)36-61-52-17-15-48(33-54(52)67(70)71)76(72,73)63-57(68)51-16-12-44(32-55(51)75-47-30-42-20-26-60-56(42)62-37-47)65-28-24-59(25-29-65)34-45(35-59)66-27-21-43(64(2)38-40-8-13-46(74-3)14-9-40)31-53(66)50-7-5-4-6-49(50)41-10-11-41/h4-9,12-17,20,26,30,32-33,37,39,41,43,45,53,61,69H,10-11,18-19,21-25,27-29,31,34-36,38H2,1-3H3,(H,60,62)(H,63,68)/t39-,43?,53?,58-. The lowest BCUT2D eigenvalue weighted by molar-refractivity contribution is -0.384. The Morgan fingerprint density at radius 1 is 0.908 bits per heavy atom. The van der Waals surface area contributed by atoms with Crippen LogP contribution in [0.4, 0.5) is 17.1 Å². The quantitative estimate of drug-likeness (QED) is 0.0498. The number of nitro groups is 1. The number of hydrogen-bond donors (Lipinski definition) is 4. The summed E-state index contributed by atoms with van der Waals surface area (Å²) in [6.45, 7) is 5.86. The topological polar surface area (TPSA) is 195 Å². The van der Waals surface area contributed by atoms with Gasteiger partial charge < -0.3 is 29.8 Å². The number of piperidine rings is 2. The Bertz CT molecular complexity index is 3190. The Labute approximate surface area is 445 Å². The van der Waals surface area contributed by atoms with Crippen LogP contribution in [0.15, 0.2) is 114 Å². The molecule has 2 aromatic heterocycles. The Hall–Kier alpha value is -6.53. The van der Waals surface area contributed by atoms with Crippen LogP contribution in [0.5, 0.6) is 17.2 Å². The monoisotopic (exact) mass is 1050 g/mol. The number of pyridine rings is 1. The number of carbonyl (C=O) groups excluding carboxylic acids is 1. The van der Waals surface area contributed by atoms with Crippen LogP contribution in [-0.4, -0.2) is 102 Å². The van der Waals surface area contributed by atoms with Crippen LogP contribution in [-0.2, 0) is 16.6 Å². The summed E-state index contributed by atoms with van der Waals surface area (Å²) < 4.78 is 41.8. The maximum Gasteiger partial charge on any atom is 0.293 e. The Kier molecular flexibility index (Phi) is 14.3. The molecule has 3 aliphatic carbocycles. The fraction of sp³-hybridized carbons (Fsp3) is 0.458. The Balaban J connectivity index is 0.774. The SMILES string of the molecule is COc1ccc(CN(C)C2CCN(C3CC4(CCN(c5ccc(C(=O)NS(=O)(=O)c6ccc(NC[C@H]7CC[C@](C)(O)CC7)c([N+](=O)[O-])c6)c(Oc6cnc7[nH]ccc7c6)c5)CC4)C3)C(c3ccccc3C3CC3)C2)cc1. The molecule has 5 fully saturated rings. The van der Waals surface area contributed by atoms with Crippen molar-refractivity contribution in [1.82, 2.24) is 24.5 Å². The van der Waals surface area contributed by atoms with Gasteiger partial charge in [0.15, 0.2) is 0 Å². The highest BCUT2D eigenvalue weighted by molar-refractivity contribution is 7.90. The number of rotatable bonds is 17. The number of carbonyl (C=O) groups is 1. The highest BCUT2D eigenvalue weighted by atomic mass is 32.2. The zero-order valence-electron chi connectivity index (χ0n) is 43.7. The van der Waals surface area contributed by atoms with Crippen molar-refractivity contribution in [3.63, 3.8) is 0 Å². The highest BCUT2D eigenvalue weighted by Crippen LogP contribution is 2.55. The van der Waals surface area contributed by atoms with E-state index in [1.165, 1.54) is 48.9 Å². The van der Waals surface area contributed by atoms with E-state index in [4.69, 9.17) is 9.47 Å². The highest BCUT2D eigenvalue weighted by Gasteiger charge is 2.50. The molecule has 4 heterocycles. The molecular weight excluding hydrogens is 981 g/mol. The number of anilines is 2. The molecule has 16 nitrogen and oxygen atoms in total. The average molecular weight is 1050 g/mol. The fourth-order valence-corrected chi connectivity index (χ4v) is 13.7. The molecule has 0 bridgehead atoms. The minimum Gasteiger partial charge on any atom is -0.497 e. The molecule has 1 amide bonds. The number of aromatic amines is 1. The zero-order chi connectivity index (χ0) is 52.8. The van der Waals surface area contributed by atoms with Crippen LogP contribution in [0.2, 0.25) is 0 Å².